The van der Waals surface area contributed by atoms with Crippen molar-refractivity contribution in [3.05, 3.63) is 0 Å². The van der Waals surface area contributed by atoms with Crippen LogP contribution >= 0.6 is 0 Å². The Morgan fingerprint density at radius 2 is 2.00 bits per heavy atom. The molecule has 8 heteroatoms. The highest BCUT2D eigenvalue weighted by Gasteiger charge is 2.35. The van der Waals surface area contributed by atoms with Gasteiger partial charge in [0.2, 0.25) is 0 Å². The van der Waals surface area contributed by atoms with Gasteiger partial charge in [0.05, 0.1) is 12.0 Å². The number of hydrogen-bond acceptors (Lipinski definition) is 4. The number of carbonyl (C=O) groups is 1. The maximum atomic E-state index is 12.5. The highest BCUT2D eigenvalue weighted by atomic mass is 32.2. The second-order valence-electron chi connectivity index (χ2n) is 5.13. The van der Waals surface area contributed by atoms with Crippen LogP contribution in [0.3, 0.4) is 0 Å². The molecule has 0 unspecified atom stereocenters. The molecule has 1 rings (SSSR count). The van der Waals surface area contributed by atoms with E-state index >= 15 is 0 Å². The molecule has 1 heterocycles. The van der Waals surface area contributed by atoms with Crippen LogP contribution in [-0.4, -0.2) is 53.8 Å². The summed E-state index contributed by atoms with van der Waals surface area (Å²) in [6.45, 7) is 4.12. The van der Waals surface area contributed by atoms with Crippen LogP contribution in [0.25, 0.3) is 0 Å². The third-order valence-electron chi connectivity index (χ3n) is 3.45. The van der Waals surface area contributed by atoms with E-state index in [1.54, 1.807) is 13.8 Å². The lowest BCUT2D eigenvalue weighted by Gasteiger charge is -2.35. The fraction of sp³-hybridized carbons (Fsp3) is 0.833. The van der Waals surface area contributed by atoms with E-state index in [1.165, 1.54) is 8.61 Å². The molecule has 0 aromatic heterocycles. The van der Waals surface area contributed by atoms with E-state index in [1.807, 2.05) is 6.07 Å². The van der Waals surface area contributed by atoms with Gasteiger partial charge in [-0.2, -0.15) is 22.3 Å². The third kappa shape index (κ3) is 3.91. The normalized spacial score (nSPS) is 18.4. The number of nitrogens with zero attached hydrogens (tertiary/aromatic N) is 3. The standard InChI is InChI=1S/C12H21N3O4S/c1-10(2)15(7-3-6-13)20(18,19)14-8-4-11(5-9-14)12(16)17/h10-11H,3-5,7-9H2,1-2H3,(H,16,17). The second-order valence-corrected chi connectivity index (χ2v) is 7.01. The number of hydrogen-bond donors (Lipinski definition) is 1. The summed E-state index contributed by atoms with van der Waals surface area (Å²) in [6, 6.07) is 1.72. The molecule has 20 heavy (non-hydrogen) atoms. The molecule has 0 radical (unpaired) electrons. The molecule has 1 fully saturated rings. The lowest BCUT2D eigenvalue weighted by Crippen LogP contribution is -2.50. The summed E-state index contributed by atoms with van der Waals surface area (Å²) in [4.78, 5) is 10.9. The van der Waals surface area contributed by atoms with E-state index in [4.69, 9.17) is 10.4 Å². The molecule has 1 saturated heterocycles. The third-order valence-corrected chi connectivity index (χ3v) is 5.66. The molecule has 0 saturated carbocycles. The Morgan fingerprint density at radius 1 is 1.45 bits per heavy atom. The maximum absolute atomic E-state index is 12.5. The summed E-state index contributed by atoms with van der Waals surface area (Å²) >= 11 is 0. The zero-order valence-corrected chi connectivity index (χ0v) is 12.6. The number of piperidine rings is 1. The molecule has 0 amide bonds. The lowest BCUT2D eigenvalue weighted by molar-refractivity contribution is -0.142. The minimum Gasteiger partial charge on any atom is -0.481 e. The van der Waals surface area contributed by atoms with E-state index < -0.39 is 22.1 Å². The lowest BCUT2D eigenvalue weighted by atomic mass is 9.99. The SMILES string of the molecule is CC(C)N(CCC#N)S(=O)(=O)N1CCC(C(=O)O)CC1. The van der Waals surface area contributed by atoms with Gasteiger partial charge in [-0.05, 0) is 26.7 Å². The largest absolute Gasteiger partial charge is 0.481 e. The smallest absolute Gasteiger partial charge is 0.306 e. The first kappa shape index (κ1) is 16.9. The summed E-state index contributed by atoms with van der Waals surface area (Å²) in [5.74, 6) is -1.33. The predicted octanol–water partition coefficient (Wildman–Crippen LogP) is 0.652. The fourth-order valence-electron chi connectivity index (χ4n) is 2.28. The van der Waals surface area contributed by atoms with Crippen LogP contribution < -0.4 is 0 Å². The van der Waals surface area contributed by atoms with Crippen molar-refractivity contribution < 1.29 is 18.3 Å². The Balaban J connectivity index is 2.77. The molecular formula is C12H21N3O4S. The van der Waals surface area contributed by atoms with E-state index in [-0.39, 0.29) is 32.1 Å². The summed E-state index contributed by atoms with van der Waals surface area (Å²) < 4.78 is 27.6. The summed E-state index contributed by atoms with van der Waals surface area (Å²) in [7, 11) is -3.62. The van der Waals surface area contributed by atoms with Gasteiger partial charge in [0.15, 0.2) is 0 Å². The van der Waals surface area contributed by atoms with E-state index in [0.29, 0.717) is 12.8 Å². The van der Waals surface area contributed by atoms with Gasteiger partial charge < -0.3 is 5.11 Å². The van der Waals surface area contributed by atoms with Crippen LogP contribution in [0.4, 0.5) is 0 Å². The van der Waals surface area contributed by atoms with Gasteiger partial charge in [-0.3, -0.25) is 4.79 Å². The van der Waals surface area contributed by atoms with Crippen LogP contribution in [0.15, 0.2) is 0 Å². The Morgan fingerprint density at radius 3 is 2.40 bits per heavy atom. The van der Waals surface area contributed by atoms with Crippen LogP contribution in [0.5, 0.6) is 0 Å². The van der Waals surface area contributed by atoms with Gasteiger partial charge in [0.1, 0.15) is 0 Å². The number of nitriles is 1. The first-order valence-electron chi connectivity index (χ1n) is 6.67. The van der Waals surface area contributed by atoms with Gasteiger partial charge in [0.25, 0.3) is 10.2 Å². The minimum absolute atomic E-state index is 0.142. The Kier molecular flexibility index (Phi) is 5.92. The van der Waals surface area contributed by atoms with Crippen molar-refractivity contribution in [1.82, 2.24) is 8.61 Å². The van der Waals surface area contributed by atoms with Crippen LogP contribution in [0.1, 0.15) is 33.1 Å². The van der Waals surface area contributed by atoms with Crippen molar-refractivity contribution in [3.63, 3.8) is 0 Å². The number of carboxylic acids is 1. The molecule has 0 bridgehead atoms. The first-order chi connectivity index (χ1) is 9.30. The minimum atomic E-state index is -3.62. The first-order valence-corrected chi connectivity index (χ1v) is 8.07. The second kappa shape index (κ2) is 7.02. The summed E-state index contributed by atoms with van der Waals surface area (Å²) in [5, 5.41) is 17.5. The van der Waals surface area contributed by atoms with Crippen molar-refractivity contribution >= 4 is 16.2 Å². The highest BCUT2D eigenvalue weighted by Crippen LogP contribution is 2.22. The molecule has 1 aliphatic heterocycles. The van der Waals surface area contributed by atoms with Gasteiger partial charge >= 0.3 is 5.97 Å². The Bertz CT molecular complexity index is 475. The topological polar surface area (TPSA) is 102 Å². The molecule has 114 valence electrons. The number of rotatable bonds is 6. The Hall–Kier alpha value is -1.17. The molecule has 1 N–H and O–H groups in total. The fourth-order valence-corrected chi connectivity index (χ4v) is 4.11. The molecule has 0 aliphatic carbocycles. The van der Waals surface area contributed by atoms with E-state index in [9.17, 15) is 13.2 Å². The number of aliphatic carboxylic acids is 1. The van der Waals surface area contributed by atoms with Crippen molar-refractivity contribution in [2.75, 3.05) is 19.6 Å². The van der Waals surface area contributed by atoms with E-state index in [0.717, 1.165) is 0 Å². The van der Waals surface area contributed by atoms with Crippen molar-refractivity contribution in [1.29, 1.82) is 5.26 Å². The summed E-state index contributed by atoms with van der Waals surface area (Å²) in [5.41, 5.74) is 0. The number of carboxylic acid groups (broad SMARTS) is 1. The molecule has 0 atom stereocenters. The average Bonchev–Trinajstić information content (AvgIpc) is 2.38. The van der Waals surface area contributed by atoms with Crippen LogP contribution in [0.2, 0.25) is 0 Å². The molecule has 0 spiro atoms. The summed E-state index contributed by atoms with van der Waals surface area (Å²) in [6.07, 6.45) is 0.806. The van der Waals surface area contributed by atoms with Crippen LogP contribution in [-0.2, 0) is 15.0 Å². The van der Waals surface area contributed by atoms with Crippen LogP contribution in [0, 0.1) is 17.2 Å². The van der Waals surface area contributed by atoms with Crippen molar-refractivity contribution in [2.45, 2.75) is 39.2 Å². The van der Waals surface area contributed by atoms with Gasteiger partial charge in [0, 0.05) is 32.1 Å². The quantitative estimate of drug-likeness (QED) is 0.776. The zero-order valence-electron chi connectivity index (χ0n) is 11.8. The highest BCUT2D eigenvalue weighted by molar-refractivity contribution is 7.86. The average molecular weight is 303 g/mol. The molecule has 1 aliphatic rings. The molecule has 0 aromatic carbocycles. The maximum Gasteiger partial charge on any atom is 0.306 e. The van der Waals surface area contributed by atoms with Gasteiger partial charge in [-0.25, -0.2) is 0 Å². The zero-order chi connectivity index (χ0) is 15.3. The van der Waals surface area contributed by atoms with Gasteiger partial charge in [-0.15, -0.1) is 0 Å². The monoisotopic (exact) mass is 303 g/mol. The molecule has 7 nitrogen and oxygen atoms in total. The van der Waals surface area contributed by atoms with Crippen molar-refractivity contribution in [3.8, 4) is 6.07 Å². The van der Waals surface area contributed by atoms with E-state index in [2.05, 4.69) is 0 Å². The predicted molar refractivity (Wildman–Crippen MR) is 72.9 cm³/mol. The molecular weight excluding hydrogens is 282 g/mol. The Labute approximate surface area is 120 Å². The van der Waals surface area contributed by atoms with Crippen molar-refractivity contribution in [2.24, 2.45) is 5.92 Å². The van der Waals surface area contributed by atoms with Gasteiger partial charge in [-0.1, -0.05) is 0 Å². The molecule has 0 aromatic rings.